The average Bonchev–Trinajstić information content (AvgIpc) is 2.69. The molecule has 0 aromatic carbocycles. The van der Waals surface area contributed by atoms with Crippen molar-refractivity contribution < 1.29 is 13.2 Å². The Balaban J connectivity index is 2.14. The van der Waals surface area contributed by atoms with Gasteiger partial charge < -0.3 is 0 Å². The molecule has 0 radical (unpaired) electrons. The Labute approximate surface area is 97.8 Å². The number of aromatic nitrogens is 1. The molecule has 0 saturated heterocycles. The summed E-state index contributed by atoms with van der Waals surface area (Å²) in [6.07, 6.45) is -0.0165. The van der Waals surface area contributed by atoms with Crippen molar-refractivity contribution in [3.05, 3.63) is 16.1 Å². The van der Waals surface area contributed by atoms with E-state index in [4.69, 9.17) is 0 Å². The van der Waals surface area contributed by atoms with E-state index in [0.717, 1.165) is 35.5 Å². The summed E-state index contributed by atoms with van der Waals surface area (Å²) in [6.45, 7) is 0. The first-order valence-electron chi connectivity index (χ1n) is 4.64. The highest BCUT2D eigenvalue weighted by molar-refractivity contribution is 9.09. The maximum Gasteiger partial charge on any atom is 0.443 e. The summed E-state index contributed by atoms with van der Waals surface area (Å²) in [7, 11) is 0. The molecule has 0 spiro atoms. The highest BCUT2D eigenvalue weighted by atomic mass is 79.9. The van der Waals surface area contributed by atoms with Crippen LogP contribution in [-0.2, 0) is 6.18 Å². The fourth-order valence-electron chi connectivity index (χ4n) is 1.79. The molecule has 1 fully saturated rings. The molecule has 1 aromatic rings. The van der Waals surface area contributed by atoms with Gasteiger partial charge in [0.2, 0.25) is 0 Å². The molecule has 2 atom stereocenters. The van der Waals surface area contributed by atoms with Crippen molar-refractivity contribution in [3.8, 4) is 0 Å². The zero-order chi connectivity index (χ0) is 11.1. The van der Waals surface area contributed by atoms with E-state index >= 15 is 0 Å². The minimum atomic E-state index is -4.30. The number of halogens is 4. The van der Waals surface area contributed by atoms with Gasteiger partial charge >= 0.3 is 6.18 Å². The summed E-state index contributed by atoms with van der Waals surface area (Å²) in [5.41, 5.74) is 0. The smallest absolute Gasteiger partial charge is 0.240 e. The second-order valence-corrected chi connectivity index (χ2v) is 6.03. The van der Waals surface area contributed by atoms with Gasteiger partial charge in [0.1, 0.15) is 0 Å². The van der Waals surface area contributed by atoms with Gasteiger partial charge in [0.15, 0.2) is 5.01 Å². The van der Waals surface area contributed by atoms with Crippen LogP contribution in [0, 0.1) is 0 Å². The molecule has 0 amide bonds. The van der Waals surface area contributed by atoms with Crippen molar-refractivity contribution in [1.82, 2.24) is 4.98 Å². The molecule has 0 aliphatic heterocycles. The molecule has 1 heterocycles. The van der Waals surface area contributed by atoms with Gasteiger partial charge in [0.25, 0.3) is 0 Å². The molecule has 1 aliphatic carbocycles. The molecule has 15 heavy (non-hydrogen) atoms. The normalized spacial score (nSPS) is 27.2. The third-order valence-electron chi connectivity index (χ3n) is 2.54. The summed E-state index contributed by atoms with van der Waals surface area (Å²) in [6, 6.07) is 0. The SMILES string of the molecule is FC(F)(F)c1ncc(C2CCC(Br)C2)s1. The molecule has 2 rings (SSSR count). The summed E-state index contributed by atoms with van der Waals surface area (Å²) >= 11 is 4.27. The number of nitrogens with zero attached hydrogens (tertiary/aromatic N) is 1. The number of rotatable bonds is 1. The van der Waals surface area contributed by atoms with E-state index in [2.05, 4.69) is 20.9 Å². The van der Waals surface area contributed by atoms with Gasteiger partial charge in [-0.1, -0.05) is 15.9 Å². The zero-order valence-electron chi connectivity index (χ0n) is 7.72. The second kappa shape index (κ2) is 4.05. The monoisotopic (exact) mass is 299 g/mol. The first kappa shape index (κ1) is 11.4. The van der Waals surface area contributed by atoms with Gasteiger partial charge in [0, 0.05) is 15.9 Å². The van der Waals surface area contributed by atoms with Gasteiger partial charge in [-0.25, -0.2) is 4.98 Å². The largest absolute Gasteiger partial charge is 0.443 e. The maximum absolute atomic E-state index is 12.3. The van der Waals surface area contributed by atoms with Crippen LogP contribution in [0.15, 0.2) is 6.20 Å². The Morgan fingerprint density at radius 2 is 2.13 bits per heavy atom. The molecule has 1 aliphatic rings. The van der Waals surface area contributed by atoms with Gasteiger partial charge in [-0.15, -0.1) is 11.3 Å². The Kier molecular flexibility index (Phi) is 3.07. The van der Waals surface area contributed by atoms with Gasteiger partial charge in [-0.3, -0.25) is 0 Å². The molecule has 84 valence electrons. The van der Waals surface area contributed by atoms with Crippen LogP contribution in [0.5, 0.6) is 0 Å². The lowest BCUT2D eigenvalue weighted by atomic mass is 10.1. The molecule has 0 N–H and O–H groups in total. The number of hydrogen-bond donors (Lipinski definition) is 0. The molecular formula is C9H9BrF3NS. The van der Waals surface area contributed by atoms with Crippen molar-refractivity contribution in [1.29, 1.82) is 0 Å². The maximum atomic E-state index is 12.3. The van der Waals surface area contributed by atoms with E-state index in [1.807, 2.05) is 0 Å². The van der Waals surface area contributed by atoms with Crippen molar-refractivity contribution in [2.45, 2.75) is 36.2 Å². The average molecular weight is 300 g/mol. The Hall–Kier alpha value is -0.100. The van der Waals surface area contributed by atoms with Crippen molar-refractivity contribution in [2.24, 2.45) is 0 Å². The van der Waals surface area contributed by atoms with Crippen molar-refractivity contribution in [2.75, 3.05) is 0 Å². The predicted octanol–water partition coefficient (Wildman–Crippen LogP) is 4.19. The minimum Gasteiger partial charge on any atom is -0.240 e. The van der Waals surface area contributed by atoms with E-state index in [9.17, 15) is 13.2 Å². The molecular weight excluding hydrogens is 291 g/mol. The van der Waals surface area contributed by atoms with E-state index in [0.29, 0.717) is 4.83 Å². The van der Waals surface area contributed by atoms with Crippen LogP contribution in [0.1, 0.15) is 35.1 Å². The standard InChI is InChI=1S/C9H9BrF3NS/c10-6-2-1-5(3-6)7-4-14-8(15-7)9(11,12)13/h4-6H,1-3H2. The lowest BCUT2D eigenvalue weighted by Gasteiger charge is -2.04. The van der Waals surface area contributed by atoms with Crippen LogP contribution in [-0.4, -0.2) is 9.81 Å². The molecule has 0 bridgehead atoms. The van der Waals surface area contributed by atoms with Gasteiger partial charge in [-0.05, 0) is 25.2 Å². The first-order valence-corrected chi connectivity index (χ1v) is 6.37. The van der Waals surface area contributed by atoms with E-state index in [1.54, 1.807) is 0 Å². The predicted molar refractivity (Wildman–Crippen MR) is 56.4 cm³/mol. The van der Waals surface area contributed by atoms with Gasteiger partial charge in [-0.2, -0.15) is 13.2 Å². The fourth-order valence-corrected chi connectivity index (χ4v) is 3.44. The number of alkyl halides is 4. The van der Waals surface area contributed by atoms with Crippen LogP contribution in [0.3, 0.4) is 0 Å². The number of thiazole rings is 1. The van der Waals surface area contributed by atoms with Crippen molar-refractivity contribution >= 4 is 27.3 Å². The lowest BCUT2D eigenvalue weighted by molar-refractivity contribution is -0.137. The van der Waals surface area contributed by atoms with Crippen LogP contribution in [0.4, 0.5) is 13.2 Å². The molecule has 1 saturated carbocycles. The quantitative estimate of drug-likeness (QED) is 0.709. The first-order chi connectivity index (χ1) is 6.97. The van der Waals surface area contributed by atoms with Gasteiger partial charge in [0.05, 0.1) is 0 Å². The van der Waals surface area contributed by atoms with Crippen LogP contribution >= 0.6 is 27.3 Å². The molecule has 2 unspecified atom stereocenters. The highest BCUT2D eigenvalue weighted by Gasteiger charge is 2.36. The Bertz CT molecular complexity index is 349. The minimum absolute atomic E-state index is 0.253. The topological polar surface area (TPSA) is 12.9 Å². The van der Waals surface area contributed by atoms with E-state index < -0.39 is 11.2 Å². The van der Waals surface area contributed by atoms with E-state index in [1.165, 1.54) is 6.20 Å². The summed E-state index contributed by atoms with van der Waals surface area (Å²) in [5.74, 6) is 0.253. The third-order valence-corrected chi connectivity index (χ3v) is 4.57. The summed E-state index contributed by atoms with van der Waals surface area (Å²) in [5, 5.41) is -0.726. The van der Waals surface area contributed by atoms with E-state index in [-0.39, 0.29) is 5.92 Å². The molecule has 1 nitrogen and oxygen atoms in total. The lowest BCUT2D eigenvalue weighted by Crippen LogP contribution is -2.02. The van der Waals surface area contributed by atoms with Crippen molar-refractivity contribution in [3.63, 3.8) is 0 Å². The summed E-state index contributed by atoms with van der Waals surface area (Å²) < 4.78 is 36.9. The number of hydrogen-bond acceptors (Lipinski definition) is 2. The van der Waals surface area contributed by atoms with Crippen LogP contribution in [0.25, 0.3) is 0 Å². The highest BCUT2D eigenvalue weighted by Crippen LogP contribution is 2.42. The summed E-state index contributed by atoms with van der Waals surface area (Å²) in [4.78, 5) is 4.65. The van der Waals surface area contributed by atoms with Crippen LogP contribution < -0.4 is 0 Å². The third kappa shape index (κ3) is 2.53. The molecule has 1 aromatic heterocycles. The zero-order valence-corrected chi connectivity index (χ0v) is 10.1. The van der Waals surface area contributed by atoms with Crippen LogP contribution in [0.2, 0.25) is 0 Å². The second-order valence-electron chi connectivity index (χ2n) is 3.67. The Morgan fingerprint density at radius 1 is 1.40 bits per heavy atom. The fraction of sp³-hybridized carbons (Fsp3) is 0.667. The Morgan fingerprint density at radius 3 is 2.60 bits per heavy atom. The molecule has 6 heteroatoms.